The Hall–Kier alpha value is -1.63. The van der Waals surface area contributed by atoms with Gasteiger partial charge in [-0.3, -0.25) is 4.79 Å². The van der Waals surface area contributed by atoms with Crippen LogP contribution in [0, 0.1) is 0 Å². The number of hydrogen-bond donors (Lipinski definition) is 1. The number of nitrogens with zero attached hydrogens (tertiary/aromatic N) is 1. The highest BCUT2D eigenvalue weighted by molar-refractivity contribution is 5.83. The van der Waals surface area contributed by atoms with Gasteiger partial charge in [0.2, 0.25) is 5.91 Å². The average molecular weight is 318 g/mol. The summed E-state index contributed by atoms with van der Waals surface area (Å²) in [6, 6.07) is 3.68. The third-order valence-corrected chi connectivity index (χ3v) is 4.03. The van der Waals surface area contributed by atoms with Gasteiger partial charge in [0.15, 0.2) is 0 Å². The maximum atomic E-state index is 13.1. The molecule has 2 rings (SSSR count). The second-order valence-electron chi connectivity index (χ2n) is 5.60. The Labute approximate surface area is 126 Å². The van der Waals surface area contributed by atoms with Crippen LogP contribution in [0.15, 0.2) is 24.3 Å². The molecule has 1 amide bonds. The van der Waals surface area contributed by atoms with Gasteiger partial charge in [0.1, 0.15) is 6.17 Å². The first-order chi connectivity index (χ1) is 10.2. The van der Waals surface area contributed by atoms with Crippen molar-refractivity contribution in [3.05, 3.63) is 35.4 Å². The fraction of sp³-hybridized carbons (Fsp3) is 0.533. The van der Waals surface area contributed by atoms with E-state index in [-0.39, 0.29) is 12.5 Å². The van der Waals surface area contributed by atoms with Crippen molar-refractivity contribution in [3.63, 3.8) is 0 Å². The number of hydrogen-bond acceptors (Lipinski definition) is 2. The average Bonchev–Trinajstić information content (AvgIpc) is 2.90. The molecule has 0 bridgehead atoms. The molecule has 2 N–H and O–H groups in total. The summed E-state index contributed by atoms with van der Waals surface area (Å²) in [5.74, 6) is -0.819. The third kappa shape index (κ3) is 3.58. The van der Waals surface area contributed by atoms with E-state index in [2.05, 4.69) is 0 Å². The fourth-order valence-electron chi connectivity index (χ4n) is 2.53. The maximum Gasteiger partial charge on any atom is 0.416 e. The van der Waals surface area contributed by atoms with E-state index < -0.39 is 29.9 Å². The monoisotopic (exact) mass is 318 g/mol. The van der Waals surface area contributed by atoms with E-state index in [0.29, 0.717) is 18.5 Å². The highest BCUT2D eigenvalue weighted by Gasteiger charge is 2.33. The molecule has 3 nitrogen and oxygen atoms in total. The van der Waals surface area contributed by atoms with E-state index in [1.54, 1.807) is 6.92 Å². The highest BCUT2D eigenvalue weighted by atomic mass is 19.4. The predicted octanol–water partition coefficient (Wildman–Crippen LogP) is 2.71. The first-order valence-electron chi connectivity index (χ1n) is 7.05. The van der Waals surface area contributed by atoms with Gasteiger partial charge < -0.3 is 10.6 Å². The van der Waals surface area contributed by atoms with Crippen LogP contribution in [0.3, 0.4) is 0 Å². The quantitative estimate of drug-likeness (QED) is 0.871. The molecule has 1 aromatic rings. The molecule has 22 heavy (non-hydrogen) atoms. The fourth-order valence-corrected chi connectivity index (χ4v) is 2.53. The molecule has 122 valence electrons. The highest BCUT2D eigenvalue weighted by Crippen LogP contribution is 2.30. The summed E-state index contributed by atoms with van der Waals surface area (Å²) in [6.07, 6.45) is -5.13. The molecule has 1 heterocycles. The Kier molecular flexibility index (Phi) is 4.75. The Bertz CT molecular complexity index is 529. The third-order valence-electron chi connectivity index (χ3n) is 4.03. The van der Waals surface area contributed by atoms with Crippen LogP contribution in [0.1, 0.15) is 30.4 Å². The van der Waals surface area contributed by atoms with Gasteiger partial charge in [-0.25, -0.2) is 4.39 Å². The zero-order valence-corrected chi connectivity index (χ0v) is 12.1. The summed E-state index contributed by atoms with van der Waals surface area (Å²) >= 11 is 0. The molecule has 0 saturated carbocycles. The summed E-state index contributed by atoms with van der Waals surface area (Å²) in [6.45, 7) is 2.04. The number of nitrogens with two attached hydrogens (primary N) is 1. The van der Waals surface area contributed by atoms with Gasteiger partial charge in [-0.05, 0) is 24.1 Å². The molecule has 1 aliphatic rings. The minimum absolute atomic E-state index is 0.0340. The van der Waals surface area contributed by atoms with Gasteiger partial charge in [0, 0.05) is 12.5 Å². The summed E-state index contributed by atoms with van der Waals surface area (Å²) in [7, 11) is 0. The first-order valence-corrected chi connectivity index (χ1v) is 7.05. The summed E-state index contributed by atoms with van der Waals surface area (Å²) < 4.78 is 50.7. The molecule has 1 aliphatic heterocycles. The van der Waals surface area contributed by atoms with Crippen LogP contribution in [0.4, 0.5) is 17.6 Å². The summed E-state index contributed by atoms with van der Waals surface area (Å²) in [5.41, 5.74) is 5.71. The molecule has 1 fully saturated rings. The maximum absolute atomic E-state index is 13.1. The molecule has 0 aliphatic carbocycles. The number of alkyl halides is 4. The van der Waals surface area contributed by atoms with Crippen LogP contribution < -0.4 is 5.73 Å². The number of likely N-dealkylation sites (tertiary alicyclic amines) is 1. The normalized spacial score (nSPS) is 21.7. The molecular formula is C15H18F4N2O. The van der Waals surface area contributed by atoms with E-state index in [1.165, 1.54) is 17.0 Å². The van der Waals surface area contributed by atoms with Crippen LogP contribution in [0.25, 0.3) is 0 Å². The predicted molar refractivity (Wildman–Crippen MR) is 73.9 cm³/mol. The number of carbonyl (C=O) groups is 1. The molecule has 0 radical (unpaired) electrons. The van der Waals surface area contributed by atoms with E-state index >= 15 is 0 Å². The van der Waals surface area contributed by atoms with Crippen molar-refractivity contribution in [3.8, 4) is 0 Å². The van der Waals surface area contributed by atoms with Gasteiger partial charge in [0.25, 0.3) is 0 Å². The second kappa shape index (κ2) is 6.24. The Morgan fingerprint density at radius 1 is 1.32 bits per heavy atom. The molecule has 0 aromatic heterocycles. The van der Waals surface area contributed by atoms with Gasteiger partial charge >= 0.3 is 6.18 Å². The van der Waals surface area contributed by atoms with Crippen LogP contribution in [-0.2, 0) is 11.0 Å². The number of rotatable bonds is 3. The smallest absolute Gasteiger partial charge is 0.338 e. The van der Waals surface area contributed by atoms with E-state index in [9.17, 15) is 22.4 Å². The molecule has 7 heteroatoms. The largest absolute Gasteiger partial charge is 0.416 e. The lowest BCUT2D eigenvalue weighted by atomic mass is 9.92. The van der Waals surface area contributed by atoms with Crippen LogP contribution >= 0.6 is 0 Å². The van der Waals surface area contributed by atoms with E-state index in [0.717, 1.165) is 12.1 Å². The van der Waals surface area contributed by atoms with Gasteiger partial charge in [-0.1, -0.05) is 19.1 Å². The Balaban J connectivity index is 2.07. The van der Waals surface area contributed by atoms with Crippen molar-refractivity contribution in [1.82, 2.24) is 4.90 Å². The molecular weight excluding hydrogens is 300 g/mol. The zero-order chi connectivity index (χ0) is 16.5. The van der Waals surface area contributed by atoms with Crippen molar-refractivity contribution in [2.24, 2.45) is 5.73 Å². The van der Waals surface area contributed by atoms with Gasteiger partial charge in [-0.15, -0.1) is 0 Å². The van der Waals surface area contributed by atoms with E-state index in [1.807, 2.05) is 0 Å². The Morgan fingerprint density at radius 2 is 1.91 bits per heavy atom. The number of halogens is 4. The number of carbonyl (C=O) groups excluding carboxylic acids is 1. The van der Waals surface area contributed by atoms with Crippen molar-refractivity contribution in [2.45, 2.75) is 37.7 Å². The van der Waals surface area contributed by atoms with Crippen LogP contribution in [0.5, 0.6) is 0 Å². The minimum atomic E-state index is -4.40. The second-order valence-corrected chi connectivity index (χ2v) is 5.60. The molecule has 3 atom stereocenters. The summed E-state index contributed by atoms with van der Waals surface area (Å²) in [4.78, 5) is 13.6. The minimum Gasteiger partial charge on any atom is -0.338 e. The van der Waals surface area contributed by atoms with Crippen LogP contribution in [-0.4, -0.2) is 36.1 Å². The number of benzene rings is 1. The SMILES string of the molecule is C[C@@H](c1ccc(C(F)(F)F)cc1)[C@H](N)C(=O)N1CC[C@H](F)C1. The van der Waals surface area contributed by atoms with Crippen LogP contribution in [0.2, 0.25) is 0 Å². The van der Waals surface area contributed by atoms with Gasteiger partial charge in [-0.2, -0.15) is 13.2 Å². The van der Waals surface area contributed by atoms with Crippen molar-refractivity contribution in [2.75, 3.05) is 13.1 Å². The molecule has 0 unspecified atom stereocenters. The van der Waals surface area contributed by atoms with Gasteiger partial charge in [0.05, 0.1) is 18.2 Å². The molecule has 1 aromatic carbocycles. The lowest BCUT2D eigenvalue weighted by molar-refractivity contribution is -0.137. The Morgan fingerprint density at radius 3 is 2.36 bits per heavy atom. The van der Waals surface area contributed by atoms with E-state index in [4.69, 9.17) is 5.73 Å². The van der Waals surface area contributed by atoms with Crippen molar-refractivity contribution in [1.29, 1.82) is 0 Å². The molecule has 1 saturated heterocycles. The lowest BCUT2D eigenvalue weighted by Crippen LogP contribution is -2.45. The molecule has 0 spiro atoms. The standard InChI is InChI=1S/C15H18F4N2O/c1-9(10-2-4-11(5-3-10)15(17,18)19)13(20)14(22)21-7-6-12(16)8-21/h2-5,9,12-13H,6-8,20H2,1H3/t9-,12-,13-/m0/s1. The first kappa shape index (κ1) is 16.7. The summed E-state index contributed by atoms with van der Waals surface area (Å²) in [5, 5.41) is 0. The number of amides is 1. The van der Waals surface area contributed by atoms with Crippen molar-refractivity contribution >= 4 is 5.91 Å². The zero-order valence-electron chi connectivity index (χ0n) is 12.1. The van der Waals surface area contributed by atoms with Crippen molar-refractivity contribution < 1.29 is 22.4 Å². The topological polar surface area (TPSA) is 46.3 Å². The lowest BCUT2D eigenvalue weighted by Gasteiger charge is -2.25.